The number of nitrogens with zero attached hydrogens (tertiary/aromatic N) is 2. The largest absolute Gasteiger partial charge is 1.00 e. The number of phenols is 1. The Labute approximate surface area is 255 Å². The van der Waals surface area contributed by atoms with Crippen molar-refractivity contribution in [1.82, 2.24) is 0 Å². The van der Waals surface area contributed by atoms with Crippen LogP contribution < -0.4 is 59.1 Å². The maximum Gasteiger partial charge on any atom is 1.00 e. The Bertz CT molecular complexity index is 1890. The summed E-state index contributed by atoms with van der Waals surface area (Å²) in [4.78, 5) is -2.23. The molecule has 12 nitrogen and oxygen atoms in total. The van der Waals surface area contributed by atoms with E-state index in [4.69, 9.17) is 0 Å². The van der Waals surface area contributed by atoms with Crippen molar-refractivity contribution < 1.29 is 103 Å². The molecule has 4 rings (SSSR count). The Balaban J connectivity index is 0.00000241. The topological polar surface area (TPSA) is 214 Å². The van der Waals surface area contributed by atoms with Crippen LogP contribution in [0.25, 0.3) is 21.5 Å². The Morgan fingerprint density at radius 3 is 1.86 bits per heavy atom. The predicted octanol–water partition coefficient (Wildman–Crippen LogP) is -2.82. The van der Waals surface area contributed by atoms with Crippen molar-refractivity contribution in [3.63, 3.8) is 0 Å². The monoisotopic (exact) mass is 582 g/mol. The molecule has 0 heterocycles. The van der Waals surface area contributed by atoms with Crippen molar-refractivity contribution in [2.45, 2.75) is 14.7 Å². The van der Waals surface area contributed by atoms with Crippen molar-refractivity contribution in [2.75, 3.05) is 0 Å². The van der Waals surface area contributed by atoms with Gasteiger partial charge in [0.15, 0.2) is 5.75 Å². The van der Waals surface area contributed by atoms with Crippen molar-refractivity contribution in [3.05, 3.63) is 60.7 Å². The quantitative estimate of drug-likeness (QED) is 0.140. The molecule has 0 aliphatic rings. The van der Waals surface area contributed by atoms with Crippen LogP contribution in [-0.4, -0.2) is 44.0 Å². The second-order valence-electron chi connectivity index (χ2n) is 7.17. The molecule has 0 atom stereocenters. The van der Waals surface area contributed by atoms with Gasteiger partial charge >= 0.3 is 59.1 Å². The summed E-state index contributed by atoms with van der Waals surface area (Å²) in [6, 6.07) is 11.7. The molecule has 4 aromatic rings. The van der Waals surface area contributed by atoms with Gasteiger partial charge < -0.3 is 14.2 Å². The van der Waals surface area contributed by atoms with E-state index in [2.05, 4.69) is 10.2 Å². The van der Waals surface area contributed by atoms with Crippen molar-refractivity contribution in [1.29, 1.82) is 0 Å². The Morgan fingerprint density at radius 1 is 0.676 bits per heavy atom. The predicted molar refractivity (Wildman–Crippen MR) is 119 cm³/mol. The van der Waals surface area contributed by atoms with Crippen molar-refractivity contribution in [2.24, 2.45) is 10.2 Å². The molecule has 0 aromatic heterocycles. The van der Waals surface area contributed by atoms with Crippen LogP contribution in [0, 0.1) is 0 Å². The van der Waals surface area contributed by atoms with E-state index >= 15 is 0 Å². The van der Waals surface area contributed by atoms with E-state index in [-0.39, 0.29) is 86.3 Å². The Morgan fingerprint density at radius 2 is 1.30 bits per heavy atom. The summed E-state index contributed by atoms with van der Waals surface area (Å²) in [6.45, 7) is 0. The third-order valence-electron chi connectivity index (χ3n) is 4.98. The number of azo groups is 1. The molecule has 0 amide bonds. The second kappa shape index (κ2) is 11.3. The van der Waals surface area contributed by atoms with Crippen LogP contribution in [0.4, 0.5) is 11.4 Å². The first kappa shape index (κ1) is 31.7. The van der Waals surface area contributed by atoms with Gasteiger partial charge in [-0.2, -0.15) is 8.42 Å². The Kier molecular flexibility index (Phi) is 9.72. The fraction of sp³-hybridized carbons (Fsp3) is 0. The average Bonchev–Trinajstić information content (AvgIpc) is 2.75. The van der Waals surface area contributed by atoms with E-state index in [0.717, 1.165) is 24.3 Å². The van der Waals surface area contributed by atoms with E-state index in [0.29, 0.717) is 6.07 Å². The van der Waals surface area contributed by atoms with Gasteiger partial charge in [0, 0.05) is 16.2 Å². The van der Waals surface area contributed by atoms with E-state index in [9.17, 15) is 44.0 Å². The van der Waals surface area contributed by atoms with Gasteiger partial charge in [0.25, 0.3) is 10.1 Å². The standard InChI is InChI=1S/C20H14N2O10S3.2Na/c23-20-18(35(30,31)32)10-11-9-12(33(24,25)26)5-6-13(11)19(20)22-21-16-7-8-17(34(27,28)29)15-4-2-1-3-14(15)16;;/h1-10,23H,(H,24,25,26)(H,27,28,29)(H,30,31,32);;/q;2*+1/p-2/b22-21+;;. The average molecular weight is 583 g/mol. The molecule has 0 saturated carbocycles. The number of phenolic OH excluding ortho intramolecular Hbond substituents is 1. The molecule has 182 valence electrons. The van der Waals surface area contributed by atoms with Crippen LogP contribution >= 0.6 is 0 Å². The van der Waals surface area contributed by atoms with Crippen LogP contribution in [-0.2, 0) is 30.4 Å². The number of hydrogen-bond acceptors (Lipinski definition) is 11. The molecule has 17 heteroatoms. The number of fused-ring (bicyclic) bond motifs is 2. The number of rotatable bonds is 5. The maximum atomic E-state index is 11.7. The summed E-state index contributed by atoms with van der Waals surface area (Å²) >= 11 is 0. The van der Waals surface area contributed by atoms with Gasteiger partial charge in [-0.1, -0.05) is 30.3 Å². The fourth-order valence-electron chi connectivity index (χ4n) is 3.45. The first-order chi connectivity index (χ1) is 16.2. The van der Waals surface area contributed by atoms with Crippen LogP contribution in [0.2, 0.25) is 0 Å². The van der Waals surface area contributed by atoms with Gasteiger partial charge in [0.2, 0.25) is 0 Å². The molecule has 0 aliphatic carbocycles. The number of aromatic hydroxyl groups is 1. The van der Waals surface area contributed by atoms with E-state index < -0.39 is 56.5 Å². The first-order valence-corrected chi connectivity index (χ1v) is 13.6. The smallest absolute Gasteiger partial charge is 0.744 e. The van der Waals surface area contributed by atoms with Gasteiger partial charge in [-0.25, -0.2) is 16.8 Å². The maximum absolute atomic E-state index is 11.7. The number of hydrogen-bond donors (Lipinski definition) is 2. The molecule has 0 spiro atoms. The van der Waals surface area contributed by atoms with Gasteiger partial charge in [0.05, 0.1) is 15.5 Å². The van der Waals surface area contributed by atoms with Crippen LogP contribution in [0.5, 0.6) is 5.75 Å². The number of benzene rings is 4. The van der Waals surface area contributed by atoms with E-state index in [1.807, 2.05) is 0 Å². The zero-order chi connectivity index (χ0) is 25.8. The van der Waals surface area contributed by atoms with Gasteiger partial charge in [-0.15, -0.1) is 10.2 Å². The third-order valence-corrected chi connectivity index (χ3v) is 7.57. The third kappa shape index (κ3) is 6.58. The van der Waals surface area contributed by atoms with Crippen LogP contribution in [0.3, 0.4) is 0 Å². The first-order valence-electron chi connectivity index (χ1n) is 9.30. The summed E-state index contributed by atoms with van der Waals surface area (Å²) in [6.07, 6.45) is 0. The molecular formula is C20H12N2Na2O10S3. The molecule has 0 radical (unpaired) electrons. The van der Waals surface area contributed by atoms with Gasteiger partial charge in [-0.3, -0.25) is 4.55 Å². The summed E-state index contributed by atoms with van der Waals surface area (Å²) in [5.41, 5.74) is -0.468. The van der Waals surface area contributed by atoms with Crippen molar-refractivity contribution in [3.8, 4) is 5.75 Å². The molecular weight excluding hydrogens is 570 g/mol. The molecule has 2 N–H and O–H groups in total. The summed E-state index contributed by atoms with van der Waals surface area (Å²) in [5, 5.41) is 18.3. The minimum absolute atomic E-state index is 0. The zero-order valence-electron chi connectivity index (χ0n) is 19.1. The Hall–Kier alpha value is -1.47. The molecule has 0 unspecified atom stereocenters. The molecule has 37 heavy (non-hydrogen) atoms. The van der Waals surface area contributed by atoms with Crippen LogP contribution in [0.1, 0.15) is 0 Å². The molecule has 4 aromatic carbocycles. The SMILES string of the molecule is O=S(=O)([O-])c1ccc2c(/N=N/c3ccc(S(=O)(=O)O)c4ccccc34)c(O)c(S(=O)(=O)[O-])cc2c1.[Na+].[Na+]. The minimum atomic E-state index is -5.26. The molecule has 0 aliphatic heterocycles. The van der Waals surface area contributed by atoms with E-state index in [1.54, 1.807) is 6.07 Å². The molecule has 0 bridgehead atoms. The fourth-order valence-corrected chi connectivity index (χ4v) is 5.26. The molecule has 0 saturated heterocycles. The van der Waals surface area contributed by atoms with E-state index in [1.165, 1.54) is 24.3 Å². The minimum Gasteiger partial charge on any atom is -0.744 e. The van der Waals surface area contributed by atoms with Gasteiger partial charge in [0.1, 0.15) is 30.8 Å². The van der Waals surface area contributed by atoms with Crippen LogP contribution in [0.15, 0.2) is 85.6 Å². The van der Waals surface area contributed by atoms with Crippen molar-refractivity contribution >= 4 is 63.3 Å². The van der Waals surface area contributed by atoms with Gasteiger partial charge in [-0.05, 0) is 35.7 Å². The second-order valence-corrected chi connectivity index (χ2v) is 11.3. The summed E-state index contributed by atoms with van der Waals surface area (Å²) in [7, 11) is -14.8. The summed E-state index contributed by atoms with van der Waals surface area (Å²) in [5.74, 6) is -1.06. The summed E-state index contributed by atoms with van der Waals surface area (Å²) < 4.78 is 102. The zero-order valence-corrected chi connectivity index (χ0v) is 25.5. The normalized spacial score (nSPS) is 12.4. The molecule has 0 fully saturated rings.